The van der Waals surface area contributed by atoms with Crippen molar-refractivity contribution >= 4 is 33.6 Å². The molecule has 0 saturated heterocycles. The molecule has 0 amide bonds. The molecule has 120 valence electrons. The summed E-state index contributed by atoms with van der Waals surface area (Å²) in [5.41, 5.74) is 0.424. The van der Waals surface area contributed by atoms with Crippen LogP contribution in [0.5, 0.6) is 0 Å². The molecule has 23 heavy (non-hydrogen) atoms. The molecule has 0 aliphatic rings. The van der Waals surface area contributed by atoms with E-state index in [0.717, 1.165) is 12.8 Å². The highest BCUT2D eigenvalue weighted by Gasteiger charge is 2.10. The third kappa shape index (κ3) is 4.02. The molecule has 0 saturated carbocycles. The van der Waals surface area contributed by atoms with Crippen LogP contribution in [0.2, 0.25) is 0 Å². The highest BCUT2D eigenvalue weighted by Crippen LogP contribution is 2.14. The van der Waals surface area contributed by atoms with E-state index in [1.54, 1.807) is 18.3 Å². The van der Waals surface area contributed by atoms with E-state index in [1.807, 2.05) is 11.4 Å². The summed E-state index contributed by atoms with van der Waals surface area (Å²) in [6, 6.07) is 5.49. The summed E-state index contributed by atoms with van der Waals surface area (Å²) >= 11 is 2.94. The lowest BCUT2D eigenvalue weighted by Crippen LogP contribution is -2.14. The number of hydrogen-bond donors (Lipinski definition) is 0. The fraction of sp³-hybridized carbons (Fsp3) is 0.333. The average molecular weight is 349 g/mol. The lowest BCUT2D eigenvalue weighted by Gasteiger charge is -2.01. The smallest absolute Gasteiger partial charge is 0.306 e. The number of fused-ring (bicyclic) bond motifs is 1. The molecule has 0 aliphatic carbocycles. The SMILES string of the molecule is Cc1cc(=O)n2nc(COC(=O)CCCc3cccs3)sc2n1. The van der Waals surface area contributed by atoms with Gasteiger partial charge in [0.25, 0.3) is 5.56 Å². The number of carbonyl (C=O) groups is 1. The van der Waals surface area contributed by atoms with Gasteiger partial charge >= 0.3 is 5.97 Å². The van der Waals surface area contributed by atoms with Crippen LogP contribution in [0.4, 0.5) is 0 Å². The molecule has 3 rings (SSSR count). The molecule has 8 heteroatoms. The molecule has 0 aliphatic heterocycles. The third-order valence-corrected chi connectivity index (χ3v) is 4.97. The van der Waals surface area contributed by atoms with Gasteiger partial charge in [-0.05, 0) is 31.2 Å². The first kappa shape index (κ1) is 15.8. The van der Waals surface area contributed by atoms with E-state index in [-0.39, 0.29) is 18.1 Å². The standard InChI is InChI=1S/C15H15N3O3S2/c1-10-8-13(19)18-15(16-10)23-12(17-18)9-21-14(20)6-2-4-11-5-3-7-22-11/h3,5,7-8H,2,4,6,9H2,1H3. The van der Waals surface area contributed by atoms with Crippen molar-refractivity contribution in [3.8, 4) is 0 Å². The zero-order chi connectivity index (χ0) is 16.2. The van der Waals surface area contributed by atoms with E-state index in [0.29, 0.717) is 22.1 Å². The highest BCUT2D eigenvalue weighted by molar-refractivity contribution is 7.16. The summed E-state index contributed by atoms with van der Waals surface area (Å²) in [6.07, 6.45) is 2.02. The van der Waals surface area contributed by atoms with Gasteiger partial charge in [0.2, 0.25) is 4.96 Å². The summed E-state index contributed by atoms with van der Waals surface area (Å²) in [4.78, 5) is 29.5. The van der Waals surface area contributed by atoms with Crippen molar-refractivity contribution < 1.29 is 9.53 Å². The third-order valence-electron chi connectivity index (χ3n) is 3.16. The maximum Gasteiger partial charge on any atom is 0.306 e. The van der Waals surface area contributed by atoms with Gasteiger partial charge in [-0.15, -0.1) is 11.3 Å². The van der Waals surface area contributed by atoms with Crippen LogP contribution in [0.15, 0.2) is 28.4 Å². The first-order chi connectivity index (χ1) is 11.1. The molecule has 3 heterocycles. The quantitative estimate of drug-likeness (QED) is 0.640. The van der Waals surface area contributed by atoms with E-state index in [4.69, 9.17) is 4.74 Å². The number of nitrogens with zero attached hydrogens (tertiary/aromatic N) is 3. The Morgan fingerprint density at radius 1 is 1.43 bits per heavy atom. The van der Waals surface area contributed by atoms with Gasteiger partial charge in [0.1, 0.15) is 6.61 Å². The predicted octanol–water partition coefficient (Wildman–Crippen LogP) is 2.59. The number of carbonyl (C=O) groups excluding carboxylic acids is 1. The van der Waals surface area contributed by atoms with Crippen LogP contribution in [-0.4, -0.2) is 20.6 Å². The van der Waals surface area contributed by atoms with E-state index < -0.39 is 0 Å². The van der Waals surface area contributed by atoms with E-state index >= 15 is 0 Å². The molecule has 0 aromatic carbocycles. The van der Waals surface area contributed by atoms with E-state index in [1.165, 1.54) is 26.8 Å². The molecule has 6 nitrogen and oxygen atoms in total. The number of aryl methyl sites for hydroxylation is 2. The normalized spacial score (nSPS) is 11.0. The van der Waals surface area contributed by atoms with Gasteiger partial charge in [-0.2, -0.15) is 9.61 Å². The Kier molecular flexibility index (Phi) is 4.82. The van der Waals surface area contributed by atoms with Crippen molar-refractivity contribution in [2.24, 2.45) is 0 Å². The second-order valence-corrected chi connectivity index (χ2v) is 7.09. The van der Waals surface area contributed by atoms with Gasteiger partial charge in [0.05, 0.1) is 0 Å². The molecule has 3 aromatic heterocycles. The molecule has 0 fully saturated rings. The minimum absolute atomic E-state index is 0.0738. The maximum atomic E-state index is 11.8. The number of esters is 1. The van der Waals surface area contributed by atoms with Crippen molar-refractivity contribution in [1.29, 1.82) is 0 Å². The molecule has 0 atom stereocenters. The fourth-order valence-electron chi connectivity index (χ4n) is 2.09. The molecule has 0 N–H and O–H groups in total. The van der Waals surface area contributed by atoms with E-state index in [9.17, 15) is 9.59 Å². The summed E-state index contributed by atoms with van der Waals surface area (Å²) in [6.45, 7) is 1.83. The van der Waals surface area contributed by atoms with Crippen molar-refractivity contribution in [3.63, 3.8) is 0 Å². The Labute approximate surface area is 140 Å². The molecule has 0 bridgehead atoms. The molecule has 0 spiro atoms. The summed E-state index contributed by atoms with van der Waals surface area (Å²) in [7, 11) is 0. The summed E-state index contributed by atoms with van der Waals surface area (Å²) < 4.78 is 6.45. The van der Waals surface area contributed by atoms with Gasteiger partial charge in [-0.25, -0.2) is 4.98 Å². The minimum Gasteiger partial charge on any atom is -0.458 e. The Morgan fingerprint density at radius 3 is 3.09 bits per heavy atom. The zero-order valence-corrected chi connectivity index (χ0v) is 14.2. The summed E-state index contributed by atoms with van der Waals surface area (Å²) in [5.74, 6) is -0.253. The Hall–Kier alpha value is -2.06. The van der Waals surface area contributed by atoms with Crippen LogP contribution < -0.4 is 5.56 Å². The highest BCUT2D eigenvalue weighted by atomic mass is 32.1. The average Bonchev–Trinajstić information content (AvgIpc) is 3.14. The van der Waals surface area contributed by atoms with Crippen LogP contribution in [0.3, 0.4) is 0 Å². The topological polar surface area (TPSA) is 73.6 Å². The number of ether oxygens (including phenoxy) is 1. The second kappa shape index (κ2) is 7.01. The maximum absolute atomic E-state index is 11.8. The Balaban J connectivity index is 1.52. The van der Waals surface area contributed by atoms with Gasteiger partial charge in [-0.1, -0.05) is 17.4 Å². The second-order valence-electron chi connectivity index (χ2n) is 5.02. The zero-order valence-electron chi connectivity index (χ0n) is 12.5. The first-order valence-corrected chi connectivity index (χ1v) is 8.86. The van der Waals surface area contributed by atoms with Gasteiger partial charge in [0, 0.05) is 23.1 Å². The van der Waals surface area contributed by atoms with Gasteiger partial charge < -0.3 is 4.74 Å². The number of thiophene rings is 1. The van der Waals surface area contributed by atoms with Crippen LogP contribution >= 0.6 is 22.7 Å². The summed E-state index contributed by atoms with van der Waals surface area (Å²) in [5, 5.41) is 6.72. The van der Waals surface area contributed by atoms with Crippen molar-refractivity contribution in [1.82, 2.24) is 14.6 Å². The number of hydrogen-bond acceptors (Lipinski definition) is 7. The molecule has 3 aromatic rings. The number of rotatable bonds is 6. The molecule has 0 radical (unpaired) electrons. The fourth-order valence-corrected chi connectivity index (χ4v) is 3.70. The molecular weight excluding hydrogens is 334 g/mol. The Morgan fingerprint density at radius 2 is 2.30 bits per heavy atom. The number of aromatic nitrogens is 3. The molecular formula is C15H15N3O3S2. The predicted molar refractivity (Wildman–Crippen MR) is 88.9 cm³/mol. The minimum atomic E-state index is -0.253. The van der Waals surface area contributed by atoms with Crippen LogP contribution in [0.1, 0.15) is 28.4 Å². The van der Waals surface area contributed by atoms with Crippen molar-refractivity contribution in [2.45, 2.75) is 32.8 Å². The van der Waals surface area contributed by atoms with Crippen LogP contribution in [0.25, 0.3) is 4.96 Å². The van der Waals surface area contributed by atoms with Crippen LogP contribution in [-0.2, 0) is 22.6 Å². The molecule has 0 unspecified atom stereocenters. The lowest BCUT2D eigenvalue weighted by atomic mass is 10.2. The largest absolute Gasteiger partial charge is 0.458 e. The van der Waals surface area contributed by atoms with Crippen molar-refractivity contribution in [2.75, 3.05) is 0 Å². The van der Waals surface area contributed by atoms with Crippen LogP contribution in [0, 0.1) is 6.92 Å². The lowest BCUT2D eigenvalue weighted by molar-refractivity contribution is -0.145. The van der Waals surface area contributed by atoms with Gasteiger partial charge in [0.15, 0.2) is 5.01 Å². The monoisotopic (exact) mass is 349 g/mol. The van der Waals surface area contributed by atoms with Gasteiger partial charge in [-0.3, -0.25) is 9.59 Å². The van der Waals surface area contributed by atoms with E-state index in [2.05, 4.69) is 16.1 Å². The Bertz CT molecular complexity index is 868. The first-order valence-electron chi connectivity index (χ1n) is 7.16. The van der Waals surface area contributed by atoms with Crippen molar-refractivity contribution in [3.05, 3.63) is 49.5 Å².